The van der Waals surface area contributed by atoms with Crippen molar-refractivity contribution in [2.45, 2.75) is 65.5 Å². The molecule has 5 N–H and O–H groups in total. The standard InChI is InChI=1S/C16H32N4O3/c1-5-18-15(22)13(8-6-7-9-17)20-16(23)14(10-11(2)3)19-12(4)21/h11,13-14H,5-10,17H2,1-4H3,(H,18,22)(H,19,21)(H,20,23). The summed E-state index contributed by atoms with van der Waals surface area (Å²) >= 11 is 0. The van der Waals surface area contributed by atoms with Gasteiger partial charge in [-0.15, -0.1) is 0 Å². The Morgan fingerprint density at radius 2 is 1.65 bits per heavy atom. The summed E-state index contributed by atoms with van der Waals surface area (Å²) in [5.74, 6) is -0.539. The Balaban J connectivity index is 4.84. The molecule has 0 aliphatic heterocycles. The summed E-state index contributed by atoms with van der Waals surface area (Å²) in [5.41, 5.74) is 5.47. The normalized spacial score (nSPS) is 13.3. The summed E-state index contributed by atoms with van der Waals surface area (Å²) in [7, 11) is 0. The Morgan fingerprint density at radius 3 is 2.13 bits per heavy atom. The average molecular weight is 328 g/mol. The maximum atomic E-state index is 12.4. The molecule has 0 saturated heterocycles. The highest BCUT2D eigenvalue weighted by Gasteiger charge is 2.26. The first-order valence-corrected chi connectivity index (χ1v) is 8.37. The number of likely N-dealkylation sites (N-methyl/N-ethyl adjacent to an activating group) is 1. The van der Waals surface area contributed by atoms with Crippen molar-refractivity contribution in [3.63, 3.8) is 0 Å². The van der Waals surface area contributed by atoms with E-state index in [1.165, 1.54) is 6.92 Å². The molecule has 0 aliphatic carbocycles. The molecule has 2 atom stereocenters. The van der Waals surface area contributed by atoms with E-state index < -0.39 is 12.1 Å². The van der Waals surface area contributed by atoms with Crippen molar-refractivity contribution in [1.29, 1.82) is 0 Å². The maximum absolute atomic E-state index is 12.4. The van der Waals surface area contributed by atoms with Gasteiger partial charge < -0.3 is 21.7 Å². The average Bonchev–Trinajstić information content (AvgIpc) is 2.44. The Morgan fingerprint density at radius 1 is 1.00 bits per heavy atom. The molecule has 2 unspecified atom stereocenters. The smallest absolute Gasteiger partial charge is 0.243 e. The fourth-order valence-electron chi connectivity index (χ4n) is 2.28. The third kappa shape index (κ3) is 9.89. The summed E-state index contributed by atoms with van der Waals surface area (Å²) in [6, 6.07) is -1.23. The van der Waals surface area contributed by atoms with E-state index in [2.05, 4.69) is 16.0 Å². The Labute approximate surface area is 139 Å². The molecule has 0 spiro atoms. The predicted octanol–water partition coefficient (Wildman–Crippen LogP) is 0.287. The molecule has 7 nitrogen and oxygen atoms in total. The van der Waals surface area contributed by atoms with Crippen LogP contribution in [0.1, 0.15) is 53.4 Å². The van der Waals surface area contributed by atoms with Crippen LogP contribution in [0, 0.1) is 5.92 Å². The first kappa shape index (κ1) is 21.4. The van der Waals surface area contributed by atoms with Crippen LogP contribution in [-0.4, -0.2) is 42.9 Å². The molecule has 0 aromatic heterocycles. The number of hydrogen-bond donors (Lipinski definition) is 4. The maximum Gasteiger partial charge on any atom is 0.243 e. The van der Waals surface area contributed by atoms with Crippen molar-refractivity contribution >= 4 is 17.7 Å². The van der Waals surface area contributed by atoms with Crippen molar-refractivity contribution in [3.8, 4) is 0 Å². The van der Waals surface area contributed by atoms with Crippen molar-refractivity contribution in [2.75, 3.05) is 13.1 Å². The molecule has 0 bridgehead atoms. The van der Waals surface area contributed by atoms with Gasteiger partial charge in [0.1, 0.15) is 12.1 Å². The predicted molar refractivity (Wildman–Crippen MR) is 90.6 cm³/mol. The van der Waals surface area contributed by atoms with Crippen LogP contribution < -0.4 is 21.7 Å². The van der Waals surface area contributed by atoms with Gasteiger partial charge in [0.05, 0.1) is 0 Å². The van der Waals surface area contributed by atoms with Crippen LogP contribution in [0.2, 0.25) is 0 Å². The molecule has 0 aromatic rings. The van der Waals surface area contributed by atoms with E-state index in [1.807, 2.05) is 20.8 Å². The van der Waals surface area contributed by atoms with Crippen LogP contribution in [-0.2, 0) is 14.4 Å². The number of nitrogens with two attached hydrogens (primary N) is 1. The molecular weight excluding hydrogens is 296 g/mol. The van der Waals surface area contributed by atoms with Crippen molar-refractivity contribution < 1.29 is 14.4 Å². The number of unbranched alkanes of at least 4 members (excludes halogenated alkanes) is 1. The van der Waals surface area contributed by atoms with Gasteiger partial charge in [-0.25, -0.2) is 0 Å². The van der Waals surface area contributed by atoms with Crippen LogP contribution in [0.15, 0.2) is 0 Å². The summed E-state index contributed by atoms with van der Waals surface area (Å²) in [6.45, 7) is 8.22. The van der Waals surface area contributed by atoms with Crippen LogP contribution in [0.4, 0.5) is 0 Å². The van der Waals surface area contributed by atoms with Crippen LogP contribution >= 0.6 is 0 Å². The monoisotopic (exact) mass is 328 g/mol. The molecule has 0 rings (SSSR count). The highest BCUT2D eigenvalue weighted by Crippen LogP contribution is 2.07. The zero-order valence-electron chi connectivity index (χ0n) is 14.8. The molecule has 3 amide bonds. The van der Waals surface area contributed by atoms with Gasteiger partial charge in [0, 0.05) is 13.5 Å². The molecule has 0 aliphatic rings. The molecule has 0 aromatic carbocycles. The molecule has 23 heavy (non-hydrogen) atoms. The van der Waals surface area contributed by atoms with Gasteiger partial charge in [-0.1, -0.05) is 13.8 Å². The third-order valence-electron chi connectivity index (χ3n) is 3.33. The quantitative estimate of drug-likeness (QED) is 0.408. The number of carbonyl (C=O) groups excluding carboxylic acids is 3. The minimum Gasteiger partial charge on any atom is -0.355 e. The van der Waals surface area contributed by atoms with E-state index in [0.717, 1.165) is 12.8 Å². The van der Waals surface area contributed by atoms with Gasteiger partial charge in [-0.3, -0.25) is 14.4 Å². The topological polar surface area (TPSA) is 113 Å². The number of rotatable bonds is 11. The third-order valence-corrected chi connectivity index (χ3v) is 3.33. The van der Waals surface area contributed by atoms with Crippen molar-refractivity contribution in [3.05, 3.63) is 0 Å². The molecule has 0 saturated carbocycles. The lowest BCUT2D eigenvalue weighted by Crippen LogP contribution is -2.53. The first-order chi connectivity index (χ1) is 10.8. The molecular formula is C16H32N4O3. The minimum atomic E-state index is -0.626. The van der Waals surface area contributed by atoms with Gasteiger partial charge in [-0.05, 0) is 45.1 Å². The van der Waals surface area contributed by atoms with E-state index in [-0.39, 0.29) is 23.6 Å². The second-order valence-corrected chi connectivity index (χ2v) is 6.12. The second-order valence-electron chi connectivity index (χ2n) is 6.12. The zero-order valence-corrected chi connectivity index (χ0v) is 14.8. The van der Waals surface area contributed by atoms with E-state index >= 15 is 0 Å². The second kappa shape index (κ2) is 11.9. The summed E-state index contributed by atoms with van der Waals surface area (Å²) in [4.78, 5) is 35.8. The lowest BCUT2D eigenvalue weighted by Gasteiger charge is -2.23. The first-order valence-electron chi connectivity index (χ1n) is 8.37. The van der Waals surface area contributed by atoms with Gasteiger partial charge in [0.25, 0.3) is 0 Å². The lowest BCUT2D eigenvalue weighted by atomic mass is 10.0. The number of carbonyl (C=O) groups is 3. The SMILES string of the molecule is CCNC(=O)C(CCCCN)NC(=O)C(CC(C)C)NC(C)=O. The molecule has 134 valence electrons. The lowest BCUT2D eigenvalue weighted by molar-refractivity contribution is -0.132. The number of nitrogens with one attached hydrogen (secondary N) is 3. The van der Waals surface area contributed by atoms with Crippen LogP contribution in [0.3, 0.4) is 0 Å². The number of hydrogen-bond acceptors (Lipinski definition) is 4. The van der Waals surface area contributed by atoms with E-state index in [4.69, 9.17) is 5.73 Å². The largest absolute Gasteiger partial charge is 0.355 e. The molecule has 0 radical (unpaired) electrons. The summed E-state index contributed by atoms with van der Waals surface area (Å²) < 4.78 is 0. The Kier molecular flexibility index (Phi) is 11.0. The van der Waals surface area contributed by atoms with Crippen LogP contribution in [0.25, 0.3) is 0 Å². The zero-order chi connectivity index (χ0) is 17.8. The number of amides is 3. The van der Waals surface area contributed by atoms with Gasteiger partial charge >= 0.3 is 0 Å². The summed E-state index contributed by atoms with van der Waals surface area (Å²) in [5, 5.41) is 8.14. The van der Waals surface area contributed by atoms with E-state index in [9.17, 15) is 14.4 Å². The molecule has 0 fully saturated rings. The highest BCUT2D eigenvalue weighted by molar-refractivity contribution is 5.91. The highest BCUT2D eigenvalue weighted by atomic mass is 16.2. The van der Waals surface area contributed by atoms with Crippen LogP contribution in [0.5, 0.6) is 0 Å². The fourth-order valence-corrected chi connectivity index (χ4v) is 2.28. The minimum absolute atomic E-state index is 0.205. The molecule has 0 heterocycles. The Hall–Kier alpha value is -1.63. The van der Waals surface area contributed by atoms with Crippen molar-refractivity contribution in [2.24, 2.45) is 11.7 Å². The van der Waals surface area contributed by atoms with Gasteiger partial charge in [0.2, 0.25) is 17.7 Å². The molecule has 7 heteroatoms. The van der Waals surface area contributed by atoms with Gasteiger partial charge in [0.15, 0.2) is 0 Å². The van der Waals surface area contributed by atoms with E-state index in [1.54, 1.807) is 0 Å². The summed E-state index contributed by atoms with van der Waals surface area (Å²) in [6.07, 6.45) is 2.61. The van der Waals surface area contributed by atoms with Crippen molar-refractivity contribution in [1.82, 2.24) is 16.0 Å². The van der Waals surface area contributed by atoms with E-state index in [0.29, 0.717) is 25.9 Å². The Bertz CT molecular complexity index is 386. The fraction of sp³-hybridized carbons (Fsp3) is 0.812. The van der Waals surface area contributed by atoms with Gasteiger partial charge in [-0.2, -0.15) is 0 Å².